The van der Waals surface area contributed by atoms with E-state index in [9.17, 15) is 0 Å². The molecular weight excluding hydrogens is 280 g/mol. The Hall–Kier alpha value is -1.08. The zero-order valence-electron chi connectivity index (χ0n) is 15.1. The van der Waals surface area contributed by atoms with Crippen molar-refractivity contribution in [2.24, 2.45) is 23.2 Å². The second kappa shape index (κ2) is 5.21. The molecule has 1 heteroatoms. The number of allylic oxidation sites excluding steroid dienone is 1. The maximum atomic E-state index is 6.60. The van der Waals surface area contributed by atoms with Crippen molar-refractivity contribution >= 4 is 0 Å². The summed E-state index contributed by atoms with van der Waals surface area (Å²) >= 11 is 0. The predicted molar refractivity (Wildman–Crippen MR) is 95.1 cm³/mol. The Kier molecular flexibility index (Phi) is 3.50. The third-order valence-electron chi connectivity index (χ3n) is 7.16. The number of hydrogen-bond donors (Lipinski definition) is 0. The molecule has 2 fully saturated rings. The van der Waals surface area contributed by atoms with Crippen LogP contribution in [-0.4, -0.2) is 5.60 Å². The summed E-state index contributed by atoms with van der Waals surface area (Å²) in [6, 6.07) is 10.6. The van der Waals surface area contributed by atoms with Crippen LogP contribution in [0.3, 0.4) is 0 Å². The molecule has 3 aliphatic carbocycles. The second-order valence-electron chi connectivity index (χ2n) is 8.86. The first-order chi connectivity index (χ1) is 10.9. The van der Waals surface area contributed by atoms with Crippen molar-refractivity contribution in [3.63, 3.8) is 0 Å². The molecule has 1 nitrogen and oxygen atoms in total. The van der Waals surface area contributed by atoms with Crippen LogP contribution in [0.4, 0.5) is 0 Å². The molecule has 0 heterocycles. The van der Waals surface area contributed by atoms with Gasteiger partial charge in [0, 0.05) is 5.92 Å². The maximum Gasteiger partial charge on any atom is 0.0724 e. The summed E-state index contributed by atoms with van der Waals surface area (Å²) in [5, 5.41) is 0. The lowest BCUT2D eigenvalue weighted by Gasteiger charge is -2.37. The molecule has 0 N–H and O–H groups in total. The molecule has 4 rings (SSSR count). The van der Waals surface area contributed by atoms with Crippen molar-refractivity contribution in [3.05, 3.63) is 47.0 Å². The van der Waals surface area contributed by atoms with E-state index in [0.29, 0.717) is 11.3 Å². The minimum Gasteiger partial charge on any atom is -0.370 e. The minimum atomic E-state index is 0.0203. The summed E-state index contributed by atoms with van der Waals surface area (Å²) in [7, 11) is 0. The first kappa shape index (κ1) is 15.4. The fourth-order valence-corrected chi connectivity index (χ4v) is 5.59. The predicted octanol–water partition coefficient (Wildman–Crippen LogP) is 5.75. The molecule has 0 bridgehead atoms. The zero-order chi connectivity index (χ0) is 16.2. The van der Waals surface area contributed by atoms with Gasteiger partial charge in [0.15, 0.2) is 0 Å². The Bertz CT molecular complexity index is 627. The van der Waals surface area contributed by atoms with Crippen LogP contribution >= 0.6 is 0 Å². The normalized spacial score (nSPS) is 38.0. The Labute approximate surface area is 141 Å². The van der Waals surface area contributed by atoms with Gasteiger partial charge in [0.1, 0.15) is 0 Å². The molecule has 1 aromatic rings. The summed E-state index contributed by atoms with van der Waals surface area (Å²) in [5.41, 5.74) is 5.30. The highest BCUT2D eigenvalue weighted by atomic mass is 16.5. The molecule has 0 unspecified atom stereocenters. The van der Waals surface area contributed by atoms with Crippen molar-refractivity contribution in [1.82, 2.24) is 0 Å². The van der Waals surface area contributed by atoms with Gasteiger partial charge in [0.2, 0.25) is 0 Å². The van der Waals surface area contributed by atoms with Crippen molar-refractivity contribution in [2.45, 2.75) is 65.6 Å². The summed E-state index contributed by atoms with van der Waals surface area (Å²) in [6.07, 6.45) is 5.12. The number of hydrogen-bond acceptors (Lipinski definition) is 1. The van der Waals surface area contributed by atoms with E-state index in [1.54, 1.807) is 11.1 Å². The van der Waals surface area contributed by atoms with Crippen LogP contribution < -0.4 is 0 Å². The van der Waals surface area contributed by atoms with Gasteiger partial charge < -0.3 is 4.74 Å². The average Bonchev–Trinajstić information content (AvgIpc) is 2.91. The molecule has 23 heavy (non-hydrogen) atoms. The fourth-order valence-electron chi connectivity index (χ4n) is 5.59. The van der Waals surface area contributed by atoms with E-state index in [4.69, 9.17) is 4.74 Å². The number of benzene rings is 1. The van der Waals surface area contributed by atoms with Crippen molar-refractivity contribution in [1.29, 1.82) is 0 Å². The lowest BCUT2D eigenvalue weighted by Crippen LogP contribution is -2.38. The number of ether oxygens (including phenoxy) is 1. The lowest BCUT2D eigenvalue weighted by atomic mass is 9.78. The summed E-state index contributed by atoms with van der Waals surface area (Å²) in [6.45, 7) is 10.5. The summed E-state index contributed by atoms with van der Waals surface area (Å²) in [4.78, 5) is 0. The lowest BCUT2D eigenvalue weighted by molar-refractivity contribution is -0.0809. The van der Waals surface area contributed by atoms with Gasteiger partial charge in [-0.1, -0.05) is 55.3 Å². The summed E-state index contributed by atoms with van der Waals surface area (Å²) in [5.74, 6) is 2.36. The van der Waals surface area contributed by atoms with Gasteiger partial charge in [-0.25, -0.2) is 0 Å². The highest BCUT2D eigenvalue weighted by Gasteiger charge is 2.64. The van der Waals surface area contributed by atoms with Crippen LogP contribution in [0.25, 0.3) is 0 Å². The average molecular weight is 310 g/mol. The van der Waals surface area contributed by atoms with Crippen LogP contribution in [-0.2, 0) is 11.3 Å². The van der Waals surface area contributed by atoms with Gasteiger partial charge in [0.25, 0.3) is 0 Å². The highest BCUT2D eigenvalue weighted by molar-refractivity contribution is 5.36. The van der Waals surface area contributed by atoms with Gasteiger partial charge >= 0.3 is 0 Å². The molecule has 0 amide bonds. The molecule has 2 saturated carbocycles. The van der Waals surface area contributed by atoms with Crippen molar-refractivity contribution < 1.29 is 4.74 Å². The van der Waals surface area contributed by atoms with Gasteiger partial charge in [-0.2, -0.15) is 0 Å². The van der Waals surface area contributed by atoms with Gasteiger partial charge in [0.05, 0.1) is 12.2 Å². The molecule has 0 spiro atoms. The third-order valence-corrected chi connectivity index (χ3v) is 7.16. The number of rotatable bonds is 3. The third kappa shape index (κ3) is 2.39. The van der Waals surface area contributed by atoms with Gasteiger partial charge in [-0.05, 0) is 62.3 Å². The van der Waals surface area contributed by atoms with Crippen LogP contribution in [0, 0.1) is 23.2 Å². The van der Waals surface area contributed by atoms with Crippen LogP contribution in [0.15, 0.2) is 41.5 Å². The molecule has 4 atom stereocenters. The summed E-state index contributed by atoms with van der Waals surface area (Å²) < 4.78 is 6.60. The van der Waals surface area contributed by atoms with Crippen molar-refractivity contribution in [2.75, 3.05) is 0 Å². The molecule has 3 aliphatic rings. The molecule has 1 aromatic carbocycles. The SMILES string of the molecule is CC1=C2[C@@H](CC1)[C@@](C)(OCc1ccccc1)CC[C@@H]1[C@H]2C1(C)C. The van der Waals surface area contributed by atoms with Crippen molar-refractivity contribution in [3.8, 4) is 0 Å². The van der Waals surface area contributed by atoms with E-state index in [-0.39, 0.29) is 5.60 Å². The quantitative estimate of drug-likeness (QED) is 0.645. The Morgan fingerprint density at radius 2 is 1.83 bits per heavy atom. The monoisotopic (exact) mass is 310 g/mol. The molecular formula is C22H30O. The van der Waals surface area contributed by atoms with E-state index in [1.807, 2.05) is 0 Å². The zero-order valence-corrected chi connectivity index (χ0v) is 15.1. The first-order valence-electron chi connectivity index (χ1n) is 9.31. The van der Waals surface area contributed by atoms with E-state index in [0.717, 1.165) is 18.4 Å². The van der Waals surface area contributed by atoms with Crippen LogP contribution in [0.2, 0.25) is 0 Å². The smallest absolute Gasteiger partial charge is 0.0724 e. The van der Waals surface area contributed by atoms with Crippen LogP contribution in [0.1, 0.15) is 58.9 Å². The van der Waals surface area contributed by atoms with Gasteiger partial charge in [-0.15, -0.1) is 0 Å². The standard InChI is InChI=1S/C22H30O/c1-15-10-11-17-19(15)20-18(21(20,2)3)12-13-22(17,4)23-14-16-8-6-5-7-9-16/h5-9,17-18,20H,10-14H2,1-4H3/t17-,18-,20-,22+/m1/s1. The Morgan fingerprint density at radius 1 is 1.09 bits per heavy atom. The largest absolute Gasteiger partial charge is 0.370 e. The molecule has 0 saturated heterocycles. The van der Waals surface area contributed by atoms with E-state index in [1.165, 1.54) is 31.2 Å². The molecule has 0 aromatic heterocycles. The van der Waals surface area contributed by atoms with E-state index >= 15 is 0 Å². The topological polar surface area (TPSA) is 9.23 Å². The molecule has 124 valence electrons. The maximum absolute atomic E-state index is 6.60. The first-order valence-corrected chi connectivity index (χ1v) is 9.31. The van der Waals surface area contributed by atoms with E-state index < -0.39 is 0 Å². The number of fused-ring (bicyclic) bond motifs is 3. The Morgan fingerprint density at radius 3 is 2.57 bits per heavy atom. The minimum absolute atomic E-state index is 0.0203. The molecule has 0 aliphatic heterocycles. The van der Waals surface area contributed by atoms with Gasteiger partial charge in [-0.3, -0.25) is 0 Å². The highest BCUT2D eigenvalue weighted by Crippen LogP contribution is 2.70. The van der Waals surface area contributed by atoms with E-state index in [2.05, 4.69) is 58.0 Å². The van der Waals surface area contributed by atoms with Crippen LogP contribution in [0.5, 0.6) is 0 Å². The Balaban J connectivity index is 1.58. The fraction of sp³-hybridized carbons (Fsp3) is 0.636. The molecule has 0 radical (unpaired) electrons. The second-order valence-corrected chi connectivity index (χ2v) is 8.86.